The van der Waals surface area contributed by atoms with E-state index in [0.29, 0.717) is 12.0 Å². The van der Waals surface area contributed by atoms with Crippen LogP contribution in [0.2, 0.25) is 0 Å². The van der Waals surface area contributed by atoms with Crippen LogP contribution in [0.15, 0.2) is 12.1 Å². The van der Waals surface area contributed by atoms with Crippen LogP contribution in [0, 0.1) is 23.4 Å². The molecule has 0 saturated carbocycles. The summed E-state index contributed by atoms with van der Waals surface area (Å²) >= 11 is 0. The molecule has 2 unspecified atom stereocenters. The molecule has 1 fully saturated rings. The zero-order chi connectivity index (χ0) is 11.7. The Morgan fingerprint density at radius 2 is 1.75 bits per heavy atom. The number of rotatable bonds is 1. The second-order valence-electron chi connectivity index (χ2n) is 4.43. The number of hydrogen-bond acceptors (Lipinski definition) is 1. The largest absolute Gasteiger partial charge is 0.310 e. The first-order valence-electron chi connectivity index (χ1n) is 5.45. The van der Waals surface area contributed by atoms with Crippen molar-refractivity contribution in [3.05, 3.63) is 35.1 Å². The van der Waals surface area contributed by atoms with Gasteiger partial charge < -0.3 is 5.32 Å². The molecule has 1 nitrogen and oxygen atoms in total. The molecular weight excluding hydrogens is 215 g/mol. The summed E-state index contributed by atoms with van der Waals surface area (Å²) in [6, 6.07) is 1.37. The molecule has 1 saturated heterocycles. The summed E-state index contributed by atoms with van der Waals surface area (Å²) in [5.74, 6) is -2.25. The van der Waals surface area contributed by atoms with E-state index in [4.69, 9.17) is 0 Å². The highest BCUT2D eigenvalue weighted by molar-refractivity contribution is 5.23. The van der Waals surface area contributed by atoms with Crippen molar-refractivity contribution in [2.45, 2.75) is 25.8 Å². The van der Waals surface area contributed by atoms with E-state index in [-0.39, 0.29) is 11.6 Å². The molecule has 0 aliphatic carbocycles. The van der Waals surface area contributed by atoms with Crippen LogP contribution in [0.1, 0.15) is 31.4 Å². The number of benzene rings is 1. The highest BCUT2D eigenvalue weighted by Gasteiger charge is 2.23. The van der Waals surface area contributed by atoms with Crippen LogP contribution in [0.5, 0.6) is 0 Å². The molecule has 1 aromatic carbocycles. The molecule has 4 heteroatoms. The Labute approximate surface area is 92.7 Å². The van der Waals surface area contributed by atoms with Gasteiger partial charge in [-0.3, -0.25) is 0 Å². The van der Waals surface area contributed by atoms with Crippen LogP contribution >= 0.6 is 0 Å². The predicted octanol–water partition coefficient (Wildman–Crippen LogP) is 3.16. The molecule has 0 bridgehead atoms. The molecule has 2 atom stereocenters. The molecule has 0 aromatic heterocycles. The van der Waals surface area contributed by atoms with Gasteiger partial charge >= 0.3 is 0 Å². The Morgan fingerprint density at radius 1 is 1.06 bits per heavy atom. The maximum absolute atomic E-state index is 13.5. The first-order chi connectivity index (χ1) is 7.58. The average molecular weight is 229 g/mol. The van der Waals surface area contributed by atoms with Gasteiger partial charge in [0, 0.05) is 17.7 Å². The van der Waals surface area contributed by atoms with Crippen LogP contribution in [0.3, 0.4) is 0 Å². The van der Waals surface area contributed by atoms with Gasteiger partial charge in [-0.25, -0.2) is 13.2 Å². The molecule has 1 aliphatic heterocycles. The van der Waals surface area contributed by atoms with E-state index in [1.54, 1.807) is 0 Å². The van der Waals surface area contributed by atoms with Crippen molar-refractivity contribution in [3.8, 4) is 0 Å². The maximum atomic E-state index is 13.5. The highest BCUT2D eigenvalue weighted by atomic mass is 19.2. The van der Waals surface area contributed by atoms with E-state index in [1.807, 2.05) is 0 Å². The minimum absolute atomic E-state index is 0.203. The van der Waals surface area contributed by atoms with Gasteiger partial charge in [0.05, 0.1) is 0 Å². The van der Waals surface area contributed by atoms with Gasteiger partial charge in [-0.05, 0) is 31.4 Å². The quantitative estimate of drug-likeness (QED) is 0.729. The Morgan fingerprint density at radius 3 is 2.38 bits per heavy atom. The fourth-order valence-electron chi connectivity index (χ4n) is 2.07. The lowest BCUT2D eigenvalue weighted by Crippen LogP contribution is -2.32. The monoisotopic (exact) mass is 229 g/mol. The fraction of sp³-hybridized carbons (Fsp3) is 0.500. The molecule has 0 amide bonds. The van der Waals surface area contributed by atoms with Crippen molar-refractivity contribution in [3.63, 3.8) is 0 Å². The second kappa shape index (κ2) is 4.45. The number of nitrogens with one attached hydrogen (secondary N) is 1. The molecule has 2 rings (SSSR count). The molecule has 0 spiro atoms. The summed E-state index contributed by atoms with van der Waals surface area (Å²) in [7, 11) is 0. The van der Waals surface area contributed by atoms with Crippen LogP contribution < -0.4 is 5.32 Å². The standard InChI is InChI=1S/C12H14F3N/c1-7-2-3-12(16-6-7)8-4-10(14)11(15)5-9(8)13/h4-5,7,12,16H,2-3,6H2,1H3. The van der Waals surface area contributed by atoms with E-state index in [2.05, 4.69) is 12.2 Å². The molecule has 1 heterocycles. The predicted molar refractivity (Wildman–Crippen MR) is 55.5 cm³/mol. The summed E-state index contributed by atoms with van der Waals surface area (Å²) in [4.78, 5) is 0. The number of halogens is 3. The molecule has 1 N–H and O–H groups in total. The van der Waals surface area contributed by atoms with Crippen LogP contribution in [-0.2, 0) is 0 Å². The molecule has 1 aliphatic rings. The Bertz CT molecular complexity index is 384. The van der Waals surface area contributed by atoms with Crippen molar-refractivity contribution in [1.82, 2.24) is 5.32 Å². The van der Waals surface area contributed by atoms with Gasteiger partial charge in [0.25, 0.3) is 0 Å². The molecule has 0 radical (unpaired) electrons. The molecular formula is C12H14F3N. The lowest BCUT2D eigenvalue weighted by molar-refractivity contribution is 0.325. The topological polar surface area (TPSA) is 12.0 Å². The van der Waals surface area contributed by atoms with Crippen molar-refractivity contribution in [2.75, 3.05) is 6.54 Å². The highest BCUT2D eigenvalue weighted by Crippen LogP contribution is 2.28. The van der Waals surface area contributed by atoms with E-state index in [0.717, 1.165) is 25.5 Å². The zero-order valence-corrected chi connectivity index (χ0v) is 9.06. The molecule has 88 valence electrons. The second-order valence-corrected chi connectivity index (χ2v) is 4.43. The Kier molecular flexibility index (Phi) is 3.19. The van der Waals surface area contributed by atoms with Crippen molar-refractivity contribution >= 4 is 0 Å². The van der Waals surface area contributed by atoms with Crippen molar-refractivity contribution in [2.24, 2.45) is 5.92 Å². The lowest BCUT2D eigenvalue weighted by Gasteiger charge is -2.28. The van der Waals surface area contributed by atoms with Gasteiger partial charge in [-0.2, -0.15) is 0 Å². The first kappa shape index (κ1) is 11.5. The molecule has 16 heavy (non-hydrogen) atoms. The Balaban J connectivity index is 2.23. The average Bonchev–Trinajstić information content (AvgIpc) is 2.25. The third kappa shape index (κ3) is 2.21. The normalized spacial score (nSPS) is 25.8. The van der Waals surface area contributed by atoms with Crippen molar-refractivity contribution < 1.29 is 13.2 Å². The van der Waals surface area contributed by atoms with Gasteiger partial charge in [0.1, 0.15) is 5.82 Å². The van der Waals surface area contributed by atoms with Gasteiger partial charge in [-0.15, -0.1) is 0 Å². The lowest BCUT2D eigenvalue weighted by atomic mass is 9.92. The summed E-state index contributed by atoms with van der Waals surface area (Å²) in [5.41, 5.74) is 0.228. The van der Waals surface area contributed by atoms with Gasteiger partial charge in [0.15, 0.2) is 11.6 Å². The minimum Gasteiger partial charge on any atom is -0.310 e. The fourth-order valence-corrected chi connectivity index (χ4v) is 2.07. The summed E-state index contributed by atoms with van der Waals surface area (Å²) < 4.78 is 39.2. The minimum atomic E-state index is -1.13. The van der Waals surface area contributed by atoms with Crippen molar-refractivity contribution in [1.29, 1.82) is 0 Å². The number of hydrogen-bond donors (Lipinski definition) is 1. The summed E-state index contributed by atoms with van der Waals surface area (Å²) in [5, 5.41) is 3.14. The maximum Gasteiger partial charge on any atom is 0.161 e. The summed E-state index contributed by atoms with van der Waals surface area (Å²) in [6.45, 7) is 2.88. The smallest absolute Gasteiger partial charge is 0.161 e. The third-order valence-corrected chi connectivity index (χ3v) is 3.08. The number of piperidine rings is 1. The van der Waals surface area contributed by atoms with Gasteiger partial charge in [0.2, 0.25) is 0 Å². The van der Waals surface area contributed by atoms with Gasteiger partial charge in [-0.1, -0.05) is 6.92 Å². The zero-order valence-electron chi connectivity index (χ0n) is 9.06. The molecule has 1 aromatic rings. The first-order valence-corrected chi connectivity index (χ1v) is 5.45. The SMILES string of the molecule is CC1CCC(c2cc(F)c(F)cc2F)NC1. The Hall–Kier alpha value is -1.03. The van der Waals surface area contributed by atoms with E-state index < -0.39 is 17.5 Å². The van der Waals surface area contributed by atoms with Crippen LogP contribution in [-0.4, -0.2) is 6.54 Å². The third-order valence-electron chi connectivity index (χ3n) is 3.08. The van der Waals surface area contributed by atoms with E-state index in [1.165, 1.54) is 0 Å². The van der Waals surface area contributed by atoms with Crippen LogP contribution in [0.25, 0.3) is 0 Å². The summed E-state index contributed by atoms with van der Waals surface area (Å²) in [6.07, 6.45) is 1.72. The van der Waals surface area contributed by atoms with E-state index in [9.17, 15) is 13.2 Å². The van der Waals surface area contributed by atoms with E-state index >= 15 is 0 Å². The van der Waals surface area contributed by atoms with Crippen LogP contribution in [0.4, 0.5) is 13.2 Å².